The van der Waals surface area contributed by atoms with Gasteiger partial charge in [0, 0.05) is 24.7 Å². The summed E-state index contributed by atoms with van der Waals surface area (Å²) in [4.78, 5) is 0. The second-order valence-corrected chi connectivity index (χ2v) is 4.27. The minimum Gasteiger partial charge on any atom is -0.396 e. The molecule has 2 aromatic rings. The lowest BCUT2D eigenvalue weighted by Crippen LogP contribution is -1.88. The van der Waals surface area contributed by atoms with Gasteiger partial charge in [0.15, 0.2) is 0 Å². The lowest BCUT2D eigenvalue weighted by molar-refractivity contribution is 0.280. The molecule has 3 heteroatoms. The normalized spacial score (nSPS) is 10.8. The van der Waals surface area contributed by atoms with Gasteiger partial charge in [-0.15, -0.1) is 0 Å². The van der Waals surface area contributed by atoms with Crippen molar-refractivity contribution < 1.29 is 9.63 Å². The average molecular weight is 231 g/mol. The van der Waals surface area contributed by atoms with E-state index in [4.69, 9.17) is 9.63 Å². The molecular weight excluding hydrogens is 214 g/mol. The number of aromatic nitrogens is 1. The van der Waals surface area contributed by atoms with Crippen molar-refractivity contribution in [2.75, 3.05) is 6.61 Å². The van der Waals surface area contributed by atoms with Gasteiger partial charge in [-0.3, -0.25) is 0 Å². The Bertz CT molecular complexity index is 482. The third-order valence-corrected chi connectivity index (χ3v) is 2.88. The van der Waals surface area contributed by atoms with Crippen LogP contribution in [0.3, 0.4) is 0 Å². The van der Waals surface area contributed by atoms with Crippen LogP contribution in [0.5, 0.6) is 0 Å². The molecule has 0 unspecified atom stereocenters. The predicted molar refractivity (Wildman–Crippen MR) is 66.8 cm³/mol. The van der Waals surface area contributed by atoms with Crippen molar-refractivity contribution in [2.24, 2.45) is 0 Å². The summed E-state index contributed by atoms with van der Waals surface area (Å²) in [5, 5.41) is 12.9. The summed E-state index contributed by atoms with van der Waals surface area (Å²) < 4.78 is 5.27. The summed E-state index contributed by atoms with van der Waals surface area (Å²) in [6.45, 7) is 4.33. The van der Waals surface area contributed by atoms with E-state index in [1.54, 1.807) is 0 Å². The fourth-order valence-corrected chi connectivity index (χ4v) is 2.02. The van der Waals surface area contributed by atoms with Crippen LogP contribution in [0.15, 0.2) is 28.8 Å². The number of hydrogen-bond donors (Lipinski definition) is 1. The average Bonchev–Trinajstić information content (AvgIpc) is 2.75. The Balaban J connectivity index is 2.30. The van der Waals surface area contributed by atoms with E-state index in [1.165, 1.54) is 11.1 Å². The topological polar surface area (TPSA) is 46.3 Å². The Labute approximate surface area is 101 Å². The van der Waals surface area contributed by atoms with Gasteiger partial charge in [0.25, 0.3) is 0 Å². The van der Waals surface area contributed by atoms with Crippen LogP contribution in [-0.2, 0) is 6.42 Å². The van der Waals surface area contributed by atoms with Crippen LogP contribution in [0.2, 0.25) is 0 Å². The summed E-state index contributed by atoms with van der Waals surface area (Å²) in [7, 11) is 0. The van der Waals surface area contributed by atoms with Gasteiger partial charge in [0.05, 0.1) is 0 Å². The summed E-state index contributed by atoms with van der Waals surface area (Å²) in [6.07, 6.45) is 1.44. The molecule has 1 aromatic heterocycles. The molecule has 0 aliphatic carbocycles. The summed E-state index contributed by atoms with van der Waals surface area (Å²) in [5.74, 6) is 0.830. The molecule has 0 spiro atoms. The first-order valence-electron chi connectivity index (χ1n) is 5.85. The van der Waals surface area contributed by atoms with E-state index >= 15 is 0 Å². The molecule has 1 N–H and O–H groups in total. The Hall–Kier alpha value is -1.61. The molecule has 0 amide bonds. The van der Waals surface area contributed by atoms with E-state index in [1.807, 2.05) is 12.1 Å². The minimum atomic E-state index is 0.180. The lowest BCUT2D eigenvalue weighted by atomic mass is 10.00. The standard InChI is InChI=1S/C14H17NO2/c1-10-5-3-6-11(2)14(10)13-9-12(17-15-13)7-4-8-16/h3,5-6,9,16H,4,7-8H2,1-2H3. The molecular formula is C14H17NO2. The lowest BCUT2D eigenvalue weighted by Gasteiger charge is -2.04. The quantitative estimate of drug-likeness (QED) is 0.880. The molecule has 0 fully saturated rings. The van der Waals surface area contributed by atoms with Crippen molar-refractivity contribution in [2.45, 2.75) is 26.7 Å². The molecule has 17 heavy (non-hydrogen) atoms. The Kier molecular flexibility index (Phi) is 3.59. The second kappa shape index (κ2) is 5.15. The van der Waals surface area contributed by atoms with Gasteiger partial charge in [-0.2, -0.15) is 0 Å². The van der Waals surface area contributed by atoms with Gasteiger partial charge >= 0.3 is 0 Å². The zero-order chi connectivity index (χ0) is 12.3. The number of hydrogen-bond acceptors (Lipinski definition) is 3. The van der Waals surface area contributed by atoms with Crippen LogP contribution in [0.4, 0.5) is 0 Å². The zero-order valence-corrected chi connectivity index (χ0v) is 10.2. The number of aliphatic hydroxyl groups excluding tert-OH is 1. The van der Waals surface area contributed by atoms with Crippen molar-refractivity contribution in [3.8, 4) is 11.3 Å². The highest BCUT2D eigenvalue weighted by Gasteiger charge is 2.10. The maximum absolute atomic E-state index is 8.78. The third kappa shape index (κ3) is 2.56. The highest BCUT2D eigenvalue weighted by Crippen LogP contribution is 2.26. The van der Waals surface area contributed by atoms with E-state index in [0.29, 0.717) is 6.42 Å². The van der Waals surface area contributed by atoms with Crippen molar-refractivity contribution in [3.05, 3.63) is 41.2 Å². The molecule has 1 heterocycles. The third-order valence-electron chi connectivity index (χ3n) is 2.88. The van der Waals surface area contributed by atoms with Crippen molar-refractivity contribution in [3.63, 3.8) is 0 Å². The van der Waals surface area contributed by atoms with Gasteiger partial charge in [0.1, 0.15) is 11.5 Å². The van der Waals surface area contributed by atoms with Crippen LogP contribution in [0.25, 0.3) is 11.3 Å². The number of benzene rings is 1. The molecule has 0 aliphatic rings. The summed E-state index contributed by atoms with van der Waals surface area (Å²) in [6, 6.07) is 8.15. The van der Waals surface area contributed by atoms with Crippen molar-refractivity contribution in [1.82, 2.24) is 5.16 Å². The van der Waals surface area contributed by atoms with Crippen LogP contribution >= 0.6 is 0 Å². The van der Waals surface area contributed by atoms with E-state index in [0.717, 1.165) is 23.4 Å². The first-order valence-corrected chi connectivity index (χ1v) is 5.85. The molecule has 0 bridgehead atoms. The van der Waals surface area contributed by atoms with Gasteiger partial charge in [-0.05, 0) is 31.4 Å². The van der Waals surface area contributed by atoms with Crippen LogP contribution in [-0.4, -0.2) is 16.9 Å². The van der Waals surface area contributed by atoms with Crippen LogP contribution < -0.4 is 0 Å². The van der Waals surface area contributed by atoms with Crippen molar-refractivity contribution >= 4 is 0 Å². The van der Waals surface area contributed by atoms with E-state index in [9.17, 15) is 0 Å². The number of aryl methyl sites for hydroxylation is 3. The van der Waals surface area contributed by atoms with Crippen molar-refractivity contribution in [1.29, 1.82) is 0 Å². The van der Waals surface area contributed by atoms with Crippen LogP contribution in [0, 0.1) is 13.8 Å². The molecule has 0 atom stereocenters. The first-order chi connectivity index (χ1) is 8.22. The SMILES string of the molecule is Cc1cccc(C)c1-c1cc(CCCO)on1. The molecule has 0 saturated carbocycles. The molecule has 2 rings (SSSR count). The first kappa shape index (κ1) is 11.9. The Morgan fingerprint density at radius 1 is 1.24 bits per heavy atom. The molecule has 0 saturated heterocycles. The molecule has 3 nitrogen and oxygen atoms in total. The van der Waals surface area contributed by atoms with Gasteiger partial charge in [-0.1, -0.05) is 23.4 Å². The monoisotopic (exact) mass is 231 g/mol. The second-order valence-electron chi connectivity index (χ2n) is 4.27. The highest BCUT2D eigenvalue weighted by atomic mass is 16.5. The number of aliphatic hydroxyl groups is 1. The maximum Gasteiger partial charge on any atom is 0.137 e. The highest BCUT2D eigenvalue weighted by molar-refractivity contribution is 5.67. The van der Waals surface area contributed by atoms with Gasteiger partial charge in [-0.25, -0.2) is 0 Å². The van der Waals surface area contributed by atoms with Gasteiger partial charge in [0.2, 0.25) is 0 Å². The maximum atomic E-state index is 8.78. The minimum absolute atomic E-state index is 0.180. The predicted octanol–water partition coefficient (Wildman–Crippen LogP) is 2.88. The van der Waals surface area contributed by atoms with E-state index < -0.39 is 0 Å². The fraction of sp³-hybridized carbons (Fsp3) is 0.357. The summed E-state index contributed by atoms with van der Waals surface area (Å²) in [5.41, 5.74) is 4.43. The Morgan fingerprint density at radius 3 is 2.59 bits per heavy atom. The zero-order valence-electron chi connectivity index (χ0n) is 10.2. The van der Waals surface area contributed by atoms with E-state index in [2.05, 4.69) is 31.1 Å². The molecule has 90 valence electrons. The Morgan fingerprint density at radius 2 is 1.94 bits per heavy atom. The largest absolute Gasteiger partial charge is 0.396 e. The molecule has 0 radical (unpaired) electrons. The van der Waals surface area contributed by atoms with E-state index in [-0.39, 0.29) is 6.61 Å². The van der Waals surface area contributed by atoms with Crippen LogP contribution in [0.1, 0.15) is 23.3 Å². The molecule has 1 aromatic carbocycles. The molecule has 0 aliphatic heterocycles. The number of nitrogens with zero attached hydrogens (tertiary/aromatic N) is 1. The smallest absolute Gasteiger partial charge is 0.137 e. The summed E-state index contributed by atoms with van der Waals surface area (Å²) >= 11 is 0. The van der Waals surface area contributed by atoms with Gasteiger partial charge < -0.3 is 9.63 Å². The fourth-order valence-electron chi connectivity index (χ4n) is 2.02. The number of rotatable bonds is 4.